The monoisotopic (exact) mass is 291 g/mol. The summed E-state index contributed by atoms with van der Waals surface area (Å²) >= 11 is 0. The Morgan fingerprint density at radius 1 is 1.28 bits per heavy atom. The molecule has 18 heavy (non-hydrogen) atoms. The molecule has 98 valence electrons. The maximum absolute atomic E-state index is 11.5. The van der Waals surface area contributed by atoms with Crippen LogP contribution in [0.5, 0.6) is 0 Å². The summed E-state index contributed by atoms with van der Waals surface area (Å²) in [6, 6.07) is 3.16. The van der Waals surface area contributed by atoms with Crippen molar-refractivity contribution in [1.82, 2.24) is 0 Å². The van der Waals surface area contributed by atoms with Crippen LogP contribution in [0, 0.1) is 0 Å². The van der Waals surface area contributed by atoms with E-state index >= 15 is 0 Å². The first-order chi connectivity index (χ1) is 8.25. The van der Waals surface area contributed by atoms with E-state index in [0.29, 0.717) is 0 Å². The number of carbonyl (C=O) groups excluding carboxylic acids is 2. The van der Waals surface area contributed by atoms with Crippen LogP contribution < -0.4 is 5.73 Å². The molecule has 8 heteroatoms. The van der Waals surface area contributed by atoms with Gasteiger partial charge >= 0.3 is 5.97 Å². The van der Waals surface area contributed by atoms with E-state index in [1.54, 1.807) is 6.92 Å². The van der Waals surface area contributed by atoms with Gasteiger partial charge in [-0.3, -0.25) is 4.79 Å². The van der Waals surface area contributed by atoms with E-state index in [-0.39, 0.29) is 22.6 Å². The molecule has 0 atom stereocenters. The van der Waals surface area contributed by atoms with Gasteiger partial charge in [0, 0.05) is 16.2 Å². The van der Waals surface area contributed by atoms with Gasteiger partial charge in [0.05, 0.1) is 17.1 Å². The Bertz CT molecular complexity index is 596. The molecule has 1 aromatic rings. The molecule has 1 aromatic carbocycles. The number of halogens is 1. The van der Waals surface area contributed by atoms with Crippen molar-refractivity contribution in [3.05, 3.63) is 29.3 Å². The van der Waals surface area contributed by atoms with Gasteiger partial charge in [-0.15, -0.1) is 0 Å². The van der Waals surface area contributed by atoms with Gasteiger partial charge in [0.1, 0.15) is 0 Å². The third kappa shape index (κ3) is 3.44. The quantitative estimate of drug-likeness (QED) is 0.655. The van der Waals surface area contributed by atoms with Crippen molar-refractivity contribution >= 4 is 31.6 Å². The predicted octanol–water partition coefficient (Wildman–Crippen LogP) is 0.890. The average Bonchev–Trinajstić information content (AvgIpc) is 2.27. The normalized spacial score (nSPS) is 11.0. The van der Waals surface area contributed by atoms with Crippen molar-refractivity contribution in [2.24, 2.45) is 5.73 Å². The molecular formula is C10H10ClNO5S. The van der Waals surface area contributed by atoms with Crippen molar-refractivity contribution < 1.29 is 22.7 Å². The highest BCUT2D eigenvalue weighted by Gasteiger charge is 2.18. The third-order valence-electron chi connectivity index (χ3n) is 1.98. The average molecular weight is 292 g/mol. The molecular weight excluding hydrogens is 282 g/mol. The molecule has 1 amide bonds. The summed E-state index contributed by atoms with van der Waals surface area (Å²) in [5, 5.41) is 0. The summed E-state index contributed by atoms with van der Waals surface area (Å²) in [5.74, 6) is -1.63. The third-order valence-corrected chi connectivity index (χ3v) is 3.32. The van der Waals surface area contributed by atoms with Gasteiger partial charge < -0.3 is 10.5 Å². The second kappa shape index (κ2) is 5.36. The van der Waals surface area contributed by atoms with Gasteiger partial charge in [0.15, 0.2) is 0 Å². The van der Waals surface area contributed by atoms with E-state index in [4.69, 9.17) is 21.2 Å². The summed E-state index contributed by atoms with van der Waals surface area (Å²) in [6.07, 6.45) is 0. The Balaban J connectivity index is 3.41. The van der Waals surface area contributed by atoms with E-state index in [1.165, 1.54) is 0 Å². The lowest BCUT2D eigenvalue weighted by molar-refractivity contribution is 0.0526. The molecule has 0 saturated carbocycles. The molecule has 2 N–H and O–H groups in total. The second-order valence-corrected chi connectivity index (χ2v) is 5.83. The zero-order valence-electron chi connectivity index (χ0n) is 9.34. The SMILES string of the molecule is CCOC(=O)c1cc(C(N)=O)cc(S(=O)(=O)Cl)c1. The van der Waals surface area contributed by atoms with Crippen molar-refractivity contribution in [2.45, 2.75) is 11.8 Å². The van der Waals surface area contributed by atoms with Crippen LogP contribution in [0.1, 0.15) is 27.6 Å². The van der Waals surface area contributed by atoms with E-state index < -0.39 is 20.9 Å². The number of carbonyl (C=O) groups is 2. The minimum Gasteiger partial charge on any atom is -0.462 e. The lowest BCUT2D eigenvalue weighted by Gasteiger charge is -2.05. The molecule has 0 unspecified atom stereocenters. The first-order valence-electron chi connectivity index (χ1n) is 4.82. The van der Waals surface area contributed by atoms with Gasteiger partial charge in [-0.1, -0.05) is 0 Å². The van der Waals surface area contributed by atoms with Crippen LogP contribution in [-0.2, 0) is 13.8 Å². The summed E-state index contributed by atoms with van der Waals surface area (Å²) in [7, 11) is 1.08. The predicted molar refractivity (Wildman–Crippen MR) is 64.0 cm³/mol. The standard InChI is InChI=1S/C10H10ClNO5S/c1-2-17-10(14)7-3-6(9(12)13)4-8(5-7)18(11,15)16/h3-5H,2H2,1H3,(H2,12,13). The summed E-state index contributed by atoms with van der Waals surface area (Å²) in [4.78, 5) is 22.1. The highest BCUT2D eigenvalue weighted by atomic mass is 35.7. The summed E-state index contributed by atoms with van der Waals surface area (Å²) in [6.45, 7) is 1.71. The molecule has 0 heterocycles. The van der Waals surface area contributed by atoms with Gasteiger partial charge in [-0.05, 0) is 25.1 Å². The smallest absolute Gasteiger partial charge is 0.338 e. The van der Waals surface area contributed by atoms with Gasteiger partial charge in [0.25, 0.3) is 9.05 Å². The Morgan fingerprint density at radius 2 is 1.83 bits per heavy atom. The topological polar surface area (TPSA) is 104 Å². The van der Waals surface area contributed by atoms with Crippen LogP contribution in [0.25, 0.3) is 0 Å². The van der Waals surface area contributed by atoms with Crippen molar-refractivity contribution in [2.75, 3.05) is 6.61 Å². The minimum absolute atomic E-state index is 0.104. The molecule has 1 rings (SSSR count). The fourth-order valence-corrected chi connectivity index (χ4v) is 2.02. The maximum Gasteiger partial charge on any atom is 0.338 e. The fraction of sp³-hybridized carbons (Fsp3) is 0.200. The largest absolute Gasteiger partial charge is 0.462 e. The van der Waals surface area contributed by atoms with Crippen LogP contribution in [0.2, 0.25) is 0 Å². The second-order valence-electron chi connectivity index (χ2n) is 3.27. The first kappa shape index (κ1) is 14.5. The van der Waals surface area contributed by atoms with Gasteiger partial charge in [-0.25, -0.2) is 13.2 Å². The number of hydrogen-bond donors (Lipinski definition) is 1. The number of amides is 1. The van der Waals surface area contributed by atoms with Crippen LogP contribution >= 0.6 is 10.7 Å². The molecule has 0 aromatic heterocycles. The van der Waals surface area contributed by atoms with Gasteiger partial charge in [0.2, 0.25) is 5.91 Å². The number of rotatable bonds is 4. The van der Waals surface area contributed by atoms with Crippen LogP contribution in [0.4, 0.5) is 0 Å². The molecule has 0 spiro atoms. The molecule has 0 fully saturated rings. The number of ether oxygens (including phenoxy) is 1. The van der Waals surface area contributed by atoms with Crippen LogP contribution in [0.15, 0.2) is 23.1 Å². The number of hydrogen-bond acceptors (Lipinski definition) is 5. The molecule has 0 aliphatic rings. The highest BCUT2D eigenvalue weighted by molar-refractivity contribution is 8.13. The van der Waals surface area contributed by atoms with Crippen molar-refractivity contribution in [3.63, 3.8) is 0 Å². The number of primary amides is 1. The molecule has 0 bridgehead atoms. The van der Waals surface area contributed by atoms with Crippen LogP contribution in [0.3, 0.4) is 0 Å². The first-order valence-corrected chi connectivity index (χ1v) is 7.13. The minimum atomic E-state index is -4.07. The number of esters is 1. The summed E-state index contributed by atoms with van der Waals surface area (Å²) < 4.78 is 27.1. The molecule has 0 aliphatic heterocycles. The Morgan fingerprint density at radius 3 is 2.28 bits per heavy atom. The van der Waals surface area contributed by atoms with E-state index in [9.17, 15) is 18.0 Å². The van der Waals surface area contributed by atoms with E-state index in [2.05, 4.69) is 0 Å². The zero-order valence-corrected chi connectivity index (χ0v) is 10.9. The molecule has 0 radical (unpaired) electrons. The summed E-state index contributed by atoms with van der Waals surface area (Å²) in [5.41, 5.74) is 4.80. The lowest BCUT2D eigenvalue weighted by atomic mass is 10.1. The Hall–Kier alpha value is -1.60. The maximum atomic E-state index is 11.5. The fourth-order valence-electron chi connectivity index (χ4n) is 1.21. The molecule has 0 aliphatic carbocycles. The lowest BCUT2D eigenvalue weighted by Crippen LogP contribution is -2.14. The number of nitrogens with two attached hydrogens (primary N) is 1. The highest BCUT2D eigenvalue weighted by Crippen LogP contribution is 2.19. The molecule has 0 saturated heterocycles. The van der Waals surface area contributed by atoms with Crippen LogP contribution in [-0.4, -0.2) is 26.9 Å². The zero-order chi connectivity index (χ0) is 13.9. The van der Waals surface area contributed by atoms with Crippen molar-refractivity contribution in [1.29, 1.82) is 0 Å². The van der Waals surface area contributed by atoms with Gasteiger partial charge in [-0.2, -0.15) is 0 Å². The van der Waals surface area contributed by atoms with E-state index in [1.807, 2.05) is 0 Å². The van der Waals surface area contributed by atoms with E-state index in [0.717, 1.165) is 18.2 Å². The molecule has 6 nitrogen and oxygen atoms in total. The Kier molecular flexibility index (Phi) is 4.31. The number of benzene rings is 1. The van der Waals surface area contributed by atoms with Crippen molar-refractivity contribution in [3.8, 4) is 0 Å². The Labute approximate surface area is 108 Å².